The molecule has 0 bridgehead atoms. The van der Waals surface area contributed by atoms with Crippen molar-refractivity contribution in [2.45, 2.75) is 46.8 Å². The molecule has 6 nitrogen and oxygen atoms in total. The quantitative estimate of drug-likeness (QED) is 0.267. The number of carbonyl (C=O) groups is 1. The summed E-state index contributed by atoms with van der Waals surface area (Å²) in [6.07, 6.45) is 0. The Hall–Kier alpha value is -3.22. The standard InChI is InChI=1S/C27H27Cl2N3O3/c1-16(2)21-8-5-17(3)11-25(21)34-15-20-7-10-24(35-20)27(33)30-26-12-18(4)32(31-26)14-19-6-9-22(28)23(29)13-19/h5-13,16H,14-15H2,1-4H3,(H,30,31,33). The summed E-state index contributed by atoms with van der Waals surface area (Å²) in [4.78, 5) is 12.7. The molecule has 35 heavy (non-hydrogen) atoms. The van der Waals surface area contributed by atoms with Crippen LogP contribution in [0.2, 0.25) is 10.0 Å². The second-order valence-electron chi connectivity index (χ2n) is 8.78. The molecular weight excluding hydrogens is 485 g/mol. The Balaban J connectivity index is 1.39. The van der Waals surface area contributed by atoms with Gasteiger partial charge in [-0.25, -0.2) is 0 Å². The van der Waals surface area contributed by atoms with Crippen LogP contribution in [0.1, 0.15) is 58.5 Å². The van der Waals surface area contributed by atoms with Crippen LogP contribution in [0.4, 0.5) is 5.82 Å². The molecule has 4 rings (SSSR count). The summed E-state index contributed by atoms with van der Waals surface area (Å²) in [6, 6.07) is 16.8. The first-order chi connectivity index (χ1) is 16.7. The number of aromatic nitrogens is 2. The molecule has 1 N–H and O–H groups in total. The van der Waals surface area contributed by atoms with Gasteiger partial charge in [-0.1, -0.05) is 55.2 Å². The molecule has 0 spiro atoms. The van der Waals surface area contributed by atoms with E-state index >= 15 is 0 Å². The van der Waals surface area contributed by atoms with E-state index in [9.17, 15) is 4.79 Å². The summed E-state index contributed by atoms with van der Waals surface area (Å²) in [5, 5.41) is 8.27. The van der Waals surface area contributed by atoms with Crippen LogP contribution in [0.25, 0.3) is 0 Å². The minimum Gasteiger partial charge on any atom is -0.485 e. The van der Waals surface area contributed by atoms with E-state index in [4.69, 9.17) is 32.4 Å². The van der Waals surface area contributed by atoms with E-state index in [0.29, 0.717) is 34.1 Å². The van der Waals surface area contributed by atoms with Crippen LogP contribution in [0, 0.1) is 13.8 Å². The number of anilines is 1. The highest BCUT2D eigenvalue weighted by molar-refractivity contribution is 6.42. The molecule has 0 aliphatic rings. The molecule has 0 atom stereocenters. The van der Waals surface area contributed by atoms with Gasteiger partial charge in [-0.3, -0.25) is 9.48 Å². The number of benzene rings is 2. The van der Waals surface area contributed by atoms with E-state index in [0.717, 1.165) is 28.1 Å². The highest BCUT2D eigenvalue weighted by Gasteiger charge is 2.15. The molecule has 4 aromatic rings. The van der Waals surface area contributed by atoms with Gasteiger partial charge in [0, 0.05) is 11.8 Å². The van der Waals surface area contributed by atoms with E-state index < -0.39 is 0 Å². The van der Waals surface area contributed by atoms with Crippen molar-refractivity contribution in [3.63, 3.8) is 0 Å². The molecular formula is C27H27Cl2N3O3. The van der Waals surface area contributed by atoms with E-state index in [1.54, 1.807) is 35.0 Å². The maximum absolute atomic E-state index is 12.7. The molecule has 0 aliphatic carbocycles. The Morgan fingerprint density at radius 1 is 1.06 bits per heavy atom. The maximum Gasteiger partial charge on any atom is 0.292 e. The second-order valence-corrected chi connectivity index (χ2v) is 9.60. The normalized spacial score (nSPS) is 11.2. The third kappa shape index (κ3) is 6.08. The second kappa shape index (κ2) is 10.6. The third-order valence-electron chi connectivity index (χ3n) is 5.59. The number of aryl methyl sites for hydroxylation is 2. The van der Waals surface area contributed by atoms with Gasteiger partial charge in [0.1, 0.15) is 18.1 Å². The zero-order valence-electron chi connectivity index (χ0n) is 20.1. The lowest BCUT2D eigenvalue weighted by atomic mass is 10.0. The number of ether oxygens (including phenoxy) is 1. The van der Waals surface area contributed by atoms with Gasteiger partial charge in [0.15, 0.2) is 11.6 Å². The van der Waals surface area contributed by atoms with E-state index in [1.807, 2.05) is 26.0 Å². The number of nitrogens with one attached hydrogen (secondary N) is 1. The minimum atomic E-state index is -0.381. The van der Waals surface area contributed by atoms with Crippen molar-refractivity contribution in [1.82, 2.24) is 9.78 Å². The largest absolute Gasteiger partial charge is 0.485 e. The maximum atomic E-state index is 12.7. The predicted molar refractivity (Wildman–Crippen MR) is 139 cm³/mol. The van der Waals surface area contributed by atoms with Crippen LogP contribution in [0.5, 0.6) is 5.75 Å². The van der Waals surface area contributed by atoms with E-state index in [1.165, 1.54) is 0 Å². The predicted octanol–water partition coefficient (Wildman–Crippen LogP) is 7.40. The third-order valence-corrected chi connectivity index (χ3v) is 6.32. The Labute approximate surface area is 214 Å². The van der Waals surface area contributed by atoms with Crippen molar-refractivity contribution in [2.24, 2.45) is 0 Å². The van der Waals surface area contributed by atoms with Crippen LogP contribution in [0.3, 0.4) is 0 Å². The van der Waals surface area contributed by atoms with E-state index in [-0.39, 0.29) is 18.3 Å². The molecule has 2 aromatic heterocycles. The van der Waals surface area contributed by atoms with Crippen LogP contribution < -0.4 is 10.1 Å². The van der Waals surface area contributed by atoms with Crippen molar-refractivity contribution in [3.8, 4) is 5.75 Å². The number of hydrogen-bond donors (Lipinski definition) is 1. The Bertz CT molecular complexity index is 1360. The van der Waals surface area contributed by atoms with Crippen molar-refractivity contribution < 1.29 is 13.9 Å². The fourth-order valence-electron chi connectivity index (χ4n) is 3.69. The average Bonchev–Trinajstić information content (AvgIpc) is 3.41. The van der Waals surface area contributed by atoms with Crippen LogP contribution in [0.15, 0.2) is 59.0 Å². The Morgan fingerprint density at radius 3 is 2.60 bits per heavy atom. The number of halogens is 2. The lowest BCUT2D eigenvalue weighted by Crippen LogP contribution is -2.12. The van der Waals surface area contributed by atoms with Crippen molar-refractivity contribution >= 4 is 34.9 Å². The summed E-state index contributed by atoms with van der Waals surface area (Å²) >= 11 is 12.1. The zero-order valence-corrected chi connectivity index (χ0v) is 21.6. The fourth-order valence-corrected chi connectivity index (χ4v) is 4.01. The number of hydrogen-bond acceptors (Lipinski definition) is 4. The molecule has 2 aromatic carbocycles. The van der Waals surface area contributed by atoms with Gasteiger partial charge in [0.25, 0.3) is 5.91 Å². The van der Waals surface area contributed by atoms with Gasteiger partial charge in [-0.15, -0.1) is 0 Å². The van der Waals surface area contributed by atoms with Gasteiger partial charge in [-0.2, -0.15) is 5.10 Å². The number of amides is 1. The molecule has 0 fully saturated rings. The summed E-state index contributed by atoms with van der Waals surface area (Å²) in [5.74, 6) is 1.96. The van der Waals surface area contributed by atoms with Gasteiger partial charge in [0.05, 0.1) is 16.6 Å². The van der Waals surface area contributed by atoms with Crippen LogP contribution >= 0.6 is 23.2 Å². The summed E-state index contributed by atoms with van der Waals surface area (Å²) in [7, 11) is 0. The molecule has 0 aliphatic heterocycles. The number of nitrogens with zero attached hydrogens (tertiary/aromatic N) is 2. The average molecular weight is 512 g/mol. The molecule has 182 valence electrons. The molecule has 2 heterocycles. The first-order valence-electron chi connectivity index (χ1n) is 11.3. The smallest absolute Gasteiger partial charge is 0.292 e. The molecule has 0 saturated carbocycles. The SMILES string of the molecule is Cc1ccc(C(C)C)c(OCc2ccc(C(=O)Nc3cc(C)n(Cc4ccc(Cl)c(Cl)c4)n3)o2)c1. The molecule has 0 unspecified atom stereocenters. The Kier molecular flexibility index (Phi) is 7.53. The summed E-state index contributed by atoms with van der Waals surface area (Å²) in [5.41, 5.74) is 4.09. The first-order valence-corrected chi connectivity index (χ1v) is 12.1. The topological polar surface area (TPSA) is 69.3 Å². The number of furan rings is 1. The number of carbonyl (C=O) groups excluding carboxylic acids is 1. The lowest BCUT2D eigenvalue weighted by molar-refractivity contribution is 0.0992. The van der Waals surface area contributed by atoms with Gasteiger partial charge >= 0.3 is 0 Å². The Morgan fingerprint density at radius 2 is 1.86 bits per heavy atom. The van der Waals surface area contributed by atoms with Gasteiger partial charge in [0.2, 0.25) is 0 Å². The highest BCUT2D eigenvalue weighted by Crippen LogP contribution is 2.28. The summed E-state index contributed by atoms with van der Waals surface area (Å²) < 4.78 is 13.5. The molecule has 1 amide bonds. The van der Waals surface area contributed by atoms with Gasteiger partial charge < -0.3 is 14.5 Å². The first kappa shape index (κ1) is 24.9. The van der Waals surface area contributed by atoms with E-state index in [2.05, 4.69) is 36.4 Å². The van der Waals surface area contributed by atoms with Crippen molar-refractivity contribution in [2.75, 3.05) is 5.32 Å². The zero-order chi connectivity index (χ0) is 25.1. The molecule has 0 radical (unpaired) electrons. The van der Waals surface area contributed by atoms with Gasteiger partial charge in [-0.05, 0) is 66.8 Å². The monoisotopic (exact) mass is 511 g/mol. The molecule has 0 saturated heterocycles. The highest BCUT2D eigenvalue weighted by atomic mass is 35.5. The summed E-state index contributed by atoms with van der Waals surface area (Å²) in [6.45, 7) is 8.92. The minimum absolute atomic E-state index is 0.189. The van der Waals surface area contributed by atoms with Crippen LogP contribution in [-0.2, 0) is 13.2 Å². The molecule has 8 heteroatoms. The fraction of sp³-hybridized carbons (Fsp3) is 0.259. The van der Waals surface area contributed by atoms with Crippen LogP contribution in [-0.4, -0.2) is 15.7 Å². The number of rotatable bonds is 8. The van der Waals surface area contributed by atoms with Crippen molar-refractivity contribution in [1.29, 1.82) is 0 Å². The van der Waals surface area contributed by atoms with Crippen molar-refractivity contribution in [3.05, 3.63) is 98.5 Å². The lowest BCUT2D eigenvalue weighted by Gasteiger charge is -2.14.